The van der Waals surface area contributed by atoms with E-state index in [2.05, 4.69) is 22.7 Å². The van der Waals surface area contributed by atoms with Gasteiger partial charge >= 0.3 is 0 Å². The van der Waals surface area contributed by atoms with Crippen LogP contribution in [0.5, 0.6) is 0 Å². The summed E-state index contributed by atoms with van der Waals surface area (Å²) in [6.07, 6.45) is 3.67. The summed E-state index contributed by atoms with van der Waals surface area (Å²) in [6.45, 7) is 2.14. The first kappa shape index (κ1) is 14.0. The molecule has 0 aliphatic carbocycles. The second-order valence-electron chi connectivity index (χ2n) is 4.48. The van der Waals surface area contributed by atoms with Crippen LogP contribution in [-0.4, -0.2) is 10.9 Å². The Kier molecular flexibility index (Phi) is 4.68. The van der Waals surface area contributed by atoms with E-state index in [1.54, 1.807) is 12.1 Å². The number of aryl methyl sites for hydroxylation is 1. The summed E-state index contributed by atoms with van der Waals surface area (Å²) in [5.41, 5.74) is 5.50. The lowest BCUT2D eigenvalue weighted by Crippen LogP contribution is -2.14. The molecule has 104 valence electrons. The Balaban J connectivity index is 2.02. The quantitative estimate of drug-likeness (QED) is 0.576. The molecule has 1 aromatic carbocycles. The van der Waals surface area contributed by atoms with Gasteiger partial charge in [-0.3, -0.25) is 10.6 Å². The number of hydrogen-bond acceptors (Lipinski definition) is 4. The molecule has 2 aromatic rings. The molecule has 0 saturated carbocycles. The van der Waals surface area contributed by atoms with Gasteiger partial charge in [-0.25, -0.2) is 4.98 Å². The Bertz CT molecular complexity index is 563. The number of rotatable bonds is 5. The average molecular weight is 270 g/mol. The summed E-state index contributed by atoms with van der Waals surface area (Å²) >= 11 is 0. The number of aromatic nitrogens is 1. The van der Waals surface area contributed by atoms with Gasteiger partial charge in [0.2, 0.25) is 0 Å². The fraction of sp³-hybridized carbons (Fsp3) is 0.200. The van der Waals surface area contributed by atoms with Crippen molar-refractivity contribution < 1.29 is 4.79 Å². The van der Waals surface area contributed by atoms with Crippen molar-refractivity contribution in [3.8, 4) is 0 Å². The number of carbonyl (C=O) groups excluding carboxylic acids is 1. The number of anilines is 2. The first-order chi connectivity index (χ1) is 9.72. The molecule has 20 heavy (non-hydrogen) atoms. The van der Waals surface area contributed by atoms with E-state index in [1.807, 2.05) is 24.3 Å². The molecule has 5 nitrogen and oxygen atoms in total. The van der Waals surface area contributed by atoms with E-state index in [1.165, 1.54) is 11.8 Å². The minimum Gasteiger partial charge on any atom is -0.323 e. The lowest BCUT2D eigenvalue weighted by molar-refractivity contribution is 0.102. The minimum absolute atomic E-state index is 0.239. The van der Waals surface area contributed by atoms with Gasteiger partial charge in [0.05, 0.1) is 11.9 Å². The van der Waals surface area contributed by atoms with E-state index in [-0.39, 0.29) is 5.91 Å². The maximum atomic E-state index is 12.0. The van der Waals surface area contributed by atoms with E-state index in [9.17, 15) is 4.79 Å². The summed E-state index contributed by atoms with van der Waals surface area (Å²) in [6, 6.07) is 11.2. The minimum atomic E-state index is -0.239. The Morgan fingerprint density at radius 1 is 1.15 bits per heavy atom. The maximum Gasteiger partial charge on any atom is 0.274 e. The molecule has 4 N–H and O–H groups in total. The van der Waals surface area contributed by atoms with Gasteiger partial charge in [0.1, 0.15) is 5.69 Å². The molecule has 0 aliphatic heterocycles. The lowest BCUT2D eigenvalue weighted by Gasteiger charge is -2.06. The van der Waals surface area contributed by atoms with Gasteiger partial charge in [-0.05, 0) is 36.2 Å². The summed E-state index contributed by atoms with van der Waals surface area (Å²) in [7, 11) is 0. The molecule has 1 heterocycles. The molecule has 0 saturated heterocycles. The lowest BCUT2D eigenvalue weighted by atomic mass is 10.1. The maximum absolute atomic E-state index is 12.0. The number of pyridine rings is 1. The second-order valence-corrected chi connectivity index (χ2v) is 4.48. The van der Waals surface area contributed by atoms with Crippen LogP contribution in [0.2, 0.25) is 0 Å². The number of nitrogen functional groups attached to an aromatic ring is 1. The Morgan fingerprint density at radius 2 is 1.85 bits per heavy atom. The van der Waals surface area contributed by atoms with Gasteiger partial charge in [-0.15, -0.1) is 0 Å². The zero-order chi connectivity index (χ0) is 14.4. The Hall–Kier alpha value is -2.40. The van der Waals surface area contributed by atoms with Gasteiger partial charge in [0, 0.05) is 5.69 Å². The molecule has 1 amide bonds. The topological polar surface area (TPSA) is 80.0 Å². The molecule has 0 aliphatic rings. The van der Waals surface area contributed by atoms with Crippen LogP contribution in [0.1, 0.15) is 29.4 Å². The van der Waals surface area contributed by atoms with Crippen molar-refractivity contribution in [1.82, 2.24) is 4.98 Å². The van der Waals surface area contributed by atoms with Crippen LogP contribution < -0.4 is 16.6 Å². The van der Waals surface area contributed by atoms with Crippen LogP contribution in [0.15, 0.2) is 42.6 Å². The normalized spacial score (nSPS) is 10.1. The van der Waals surface area contributed by atoms with Gasteiger partial charge in [0.25, 0.3) is 5.91 Å². The van der Waals surface area contributed by atoms with Crippen molar-refractivity contribution in [2.45, 2.75) is 19.8 Å². The van der Waals surface area contributed by atoms with Crippen LogP contribution in [-0.2, 0) is 6.42 Å². The molecular weight excluding hydrogens is 252 g/mol. The molecule has 5 heteroatoms. The van der Waals surface area contributed by atoms with Crippen LogP contribution in [0.4, 0.5) is 11.4 Å². The van der Waals surface area contributed by atoms with Crippen molar-refractivity contribution in [2.24, 2.45) is 5.84 Å². The van der Waals surface area contributed by atoms with Crippen LogP contribution in [0.25, 0.3) is 0 Å². The molecule has 0 radical (unpaired) electrons. The number of carbonyl (C=O) groups is 1. The number of benzene rings is 1. The number of hydrazine groups is 1. The first-order valence-corrected chi connectivity index (χ1v) is 6.56. The molecule has 1 aromatic heterocycles. The number of hydrogen-bond donors (Lipinski definition) is 3. The first-order valence-electron chi connectivity index (χ1n) is 6.56. The van der Waals surface area contributed by atoms with Crippen molar-refractivity contribution >= 4 is 17.3 Å². The van der Waals surface area contributed by atoms with E-state index in [4.69, 9.17) is 5.84 Å². The second kappa shape index (κ2) is 6.68. The third-order valence-corrected chi connectivity index (χ3v) is 2.91. The van der Waals surface area contributed by atoms with Gasteiger partial charge in [0.15, 0.2) is 0 Å². The predicted octanol–water partition coefficient (Wildman–Crippen LogP) is 2.57. The monoisotopic (exact) mass is 270 g/mol. The standard InChI is InChI=1S/C15H18N4O/c1-2-3-11-4-6-12(7-5-11)18-15(20)14-9-8-13(19-16)10-17-14/h4-10,19H,2-3,16H2,1H3,(H,18,20). The molecule has 0 spiro atoms. The fourth-order valence-corrected chi connectivity index (χ4v) is 1.85. The van der Waals surface area contributed by atoms with Crippen molar-refractivity contribution in [1.29, 1.82) is 0 Å². The largest absolute Gasteiger partial charge is 0.323 e. The number of amides is 1. The number of nitrogens with zero attached hydrogens (tertiary/aromatic N) is 1. The average Bonchev–Trinajstić information content (AvgIpc) is 2.49. The van der Waals surface area contributed by atoms with Crippen molar-refractivity contribution in [3.05, 3.63) is 53.9 Å². The van der Waals surface area contributed by atoms with Crippen molar-refractivity contribution in [2.75, 3.05) is 10.7 Å². The van der Waals surface area contributed by atoms with E-state index in [0.29, 0.717) is 11.4 Å². The Morgan fingerprint density at radius 3 is 2.40 bits per heavy atom. The zero-order valence-corrected chi connectivity index (χ0v) is 11.4. The van der Waals surface area contributed by atoms with E-state index >= 15 is 0 Å². The fourth-order valence-electron chi connectivity index (χ4n) is 1.85. The molecule has 2 rings (SSSR count). The summed E-state index contributed by atoms with van der Waals surface area (Å²) < 4.78 is 0. The molecule has 0 bridgehead atoms. The molecule has 0 atom stereocenters. The van der Waals surface area contributed by atoms with E-state index < -0.39 is 0 Å². The third kappa shape index (κ3) is 3.55. The van der Waals surface area contributed by atoms with Crippen LogP contribution >= 0.6 is 0 Å². The highest BCUT2D eigenvalue weighted by molar-refractivity contribution is 6.02. The molecular formula is C15H18N4O. The van der Waals surface area contributed by atoms with Gasteiger partial charge < -0.3 is 10.7 Å². The smallest absolute Gasteiger partial charge is 0.274 e. The zero-order valence-electron chi connectivity index (χ0n) is 11.4. The van der Waals surface area contributed by atoms with Crippen LogP contribution in [0.3, 0.4) is 0 Å². The van der Waals surface area contributed by atoms with Gasteiger partial charge in [-0.1, -0.05) is 25.5 Å². The van der Waals surface area contributed by atoms with E-state index in [0.717, 1.165) is 18.5 Å². The number of nitrogens with one attached hydrogen (secondary N) is 2. The highest BCUT2D eigenvalue weighted by Gasteiger charge is 2.07. The summed E-state index contributed by atoms with van der Waals surface area (Å²) in [5, 5.41) is 2.81. The summed E-state index contributed by atoms with van der Waals surface area (Å²) in [5.74, 6) is 5.01. The molecule has 0 fully saturated rings. The van der Waals surface area contributed by atoms with Gasteiger partial charge in [-0.2, -0.15) is 0 Å². The summed E-state index contributed by atoms with van der Waals surface area (Å²) in [4.78, 5) is 16.0. The van der Waals surface area contributed by atoms with Crippen LogP contribution in [0, 0.1) is 0 Å². The molecule has 0 unspecified atom stereocenters. The predicted molar refractivity (Wildman–Crippen MR) is 80.4 cm³/mol. The highest BCUT2D eigenvalue weighted by Crippen LogP contribution is 2.12. The van der Waals surface area contributed by atoms with Crippen molar-refractivity contribution in [3.63, 3.8) is 0 Å². The highest BCUT2D eigenvalue weighted by atomic mass is 16.1. The Labute approximate surface area is 118 Å². The number of nitrogens with two attached hydrogens (primary N) is 1. The third-order valence-electron chi connectivity index (χ3n) is 2.91. The SMILES string of the molecule is CCCc1ccc(NC(=O)c2ccc(NN)cn2)cc1.